The summed E-state index contributed by atoms with van der Waals surface area (Å²) in [7, 11) is 0. The average molecular weight is 474 g/mol. The van der Waals surface area contributed by atoms with Crippen LogP contribution in [0.2, 0.25) is 0 Å². The maximum atomic E-state index is 13.0. The zero-order chi connectivity index (χ0) is 23.9. The van der Waals surface area contributed by atoms with Crippen LogP contribution in [0.4, 0.5) is 0 Å². The van der Waals surface area contributed by atoms with Crippen molar-refractivity contribution in [1.82, 2.24) is 15.1 Å². The molecule has 1 unspecified atom stereocenters. The molecule has 2 aromatic rings. The highest BCUT2D eigenvalue weighted by Crippen LogP contribution is 2.40. The molecule has 2 saturated heterocycles. The van der Waals surface area contributed by atoms with Gasteiger partial charge in [-0.25, -0.2) is 0 Å². The van der Waals surface area contributed by atoms with Gasteiger partial charge in [0.05, 0.1) is 0 Å². The molecule has 1 aliphatic carbocycles. The van der Waals surface area contributed by atoms with E-state index in [0.717, 1.165) is 37.1 Å². The van der Waals surface area contributed by atoms with Gasteiger partial charge in [-0.2, -0.15) is 0 Å². The van der Waals surface area contributed by atoms with Crippen LogP contribution in [0.15, 0.2) is 48.5 Å². The maximum Gasteiger partial charge on any atom is 0.255 e. The third-order valence-corrected chi connectivity index (χ3v) is 8.12. The second-order valence-corrected chi connectivity index (χ2v) is 10.2. The molecule has 2 aromatic carbocycles. The molecule has 182 valence electrons. The fraction of sp³-hybridized carbons (Fsp3) is 0.464. The van der Waals surface area contributed by atoms with Gasteiger partial charge in [-0.1, -0.05) is 36.8 Å². The quantitative estimate of drug-likeness (QED) is 0.672. The van der Waals surface area contributed by atoms with E-state index in [1.807, 2.05) is 18.2 Å². The number of benzene rings is 2. The average Bonchev–Trinajstić information content (AvgIpc) is 3.16. The Bertz CT molecular complexity index is 1150. The van der Waals surface area contributed by atoms with Crippen molar-refractivity contribution in [2.45, 2.75) is 75.7 Å². The lowest BCUT2D eigenvalue weighted by Crippen LogP contribution is -2.55. The number of hydrogen-bond acceptors (Lipinski definition) is 5. The topological polar surface area (TPSA) is 79.0 Å². The van der Waals surface area contributed by atoms with Gasteiger partial charge in [-0.15, -0.1) is 0 Å². The summed E-state index contributed by atoms with van der Waals surface area (Å²) in [4.78, 5) is 41.0. The molecule has 6 rings (SSSR count). The maximum absolute atomic E-state index is 13.0. The van der Waals surface area contributed by atoms with Crippen molar-refractivity contribution in [1.29, 1.82) is 0 Å². The molecule has 0 spiro atoms. The number of carbonyl (C=O) groups is 3. The zero-order valence-corrected chi connectivity index (χ0v) is 19.8. The van der Waals surface area contributed by atoms with Crippen LogP contribution in [0, 0.1) is 0 Å². The summed E-state index contributed by atoms with van der Waals surface area (Å²) >= 11 is 0. The summed E-state index contributed by atoms with van der Waals surface area (Å²) in [6.45, 7) is 1.47. The smallest absolute Gasteiger partial charge is 0.255 e. The van der Waals surface area contributed by atoms with Crippen LogP contribution in [0.1, 0.15) is 72.5 Å². The number of amides is 3. The molecule has 7 heteroatoms. The Morgan fingerprint density at radius 2 is 1.71 bits per heavy atom. The summed E-state index contributed by atoms with van der Waals surface area (Å²) < 4.78 is 6.59. The van der Waals surface area contributed by atoms with Crippen molar-refractivity contribution in [3.05, 3.63) is 65.2 Å². The fourth-order valence-electron chi connectivity index (χ4n) is 6.23. The molecule has 3 amide bonds. The van der Waals surface area contributed by atoms with Gasteiger partial charge in [0.1, 0.15) is 17.9 Å². The van der Waals surface area contributed by atoms with Crippen LogP contribution in [-0.2, 0) is 16.1 Å². The Labute approximate surface area is 205 Å². The zero-order valence-electron chi connectivity index (χ0n) is 19.8. The molecular formula is C28H31N3O4. The SMILES string of the molecule is O=C1CCC(N2Cc3cc(O[C@@H]4CCCC[C@@H]4N4CC[C@@H]4c4ccccc4)ccc3C2=O)C(=O)N1. The van der Waals surface area contributed by atoms with Gasteiger partial charge < -0.3 is 9.64 Å². The Balaban J connectivity index is 1.17. The van der Waals surface area contributed by atoms with Crippen molar-refractivity contribution >= 4 is 17.7 Å². The van der Waals surface area contributed by atoms with Crippen LogP contribution in [0.3, 0.4) is 0 Å². The van der Waals surface area contributed by atoms with Gasteiger partial charge in [-0.3, -0.25) is 24.6 Å². The van der Waals surface area contributed by atoms with E-state index in [-0.39, 0.29) is 30.2 Å². The summed E-state index contributed by atoms with van der Waals surface area (Å²) in [5.41, 5.74) is 2.89. The van der Waals surface area contributed by atoms with Crippen LogP contribution >= 0.6 is 0 Å². The first-order valence-corrected chi connectivity index (χ1v) is 12.8. The van der Waals surface area contributed by atoms with E-state index in [4.69, 9.17) is 4.74 Å². The largest absolute Gasteiger partial charge is 0.489 e. The first-order valence-electron chi connectivity index (χ1n) is 12.8. The number of hydrogen-bond donors (Lipinski definition) is 1. The van der Waals surface area contributed by atoms with Crippen molar-refractivity contribution in [2.75, 3.05) is 6.54 Å². The summed E-state index contributed by atoms with van der Waals surface area (Å²) in [6.07, 6.45) is 6.49. The normalized spacial score (nSPS) is 28.9. The van der Waals surface area contributed by atoms with E-state index in [9.17, 15) is 14.4 Å². The van der Waals surface area contributed by atoms with E-state index >= 15 is 0 Å². The Morgan fingerprint density at radius 3 is 2.49 bits per heavy atom. The Morgan fingerprint density at radius 1 is 0.886 bits per heavy atom. The van der Waals surface area contributed by atoms with Crippen molar-refractivity contribution in [2.24, 2.45) is 0 Å². The van der Waals surface area contributed by atoms with Crippen molar-refractivity contribution < 1.29 is 19.1 Å². The van der Waals surface area contributed by atoms with Gasteiger partial charge >= 0.3 is 0 Å². The molecule has 0 bridgehead atoms. The van der Waals surface area contributed by atoms with E-state index < -0.39 is 6.04 Å². The molecule has 35 heavy (non-hydrogen) atoms. The van der Waals surface area contributed by atoms with Gasteiger partial charge in [0.15, 0.2) is 0 Å². The number of nitrogens with zero attached hydrogens (tertiary/aromatic N) is 2. The van der Waals surface area contributed by atoms with E-state index in [1.165, 1.54) is 18.4 Å². The monoisotopic (exact) mass is 473 g/mol. The lowest BCUT2D eigenvalue weighted by molar-refractivity contribution is -0.136. The van der Waals surface area contributed by atoms with Crippen LogP contribution < -0.4 is 10.1 Å². The number of rotatable bonds is 5. The molecule has 4 atom stereocenters. The molecule has 0 aromatic heterocycles. The highest BCUT2D eigenvalue weighted by atomic mass is 16.5. The molecule has 3 heterocycles. The van der Waals surface area contributed by atoms with E-state index in [1.54, 1.807) is 4.90 Å². The molecule has 1 saturated carbocycles. The van der Waals surface area contributed by atoms with Crippen molar-refractivity contribution in [3.8, 4) is 5.75 Å². The summed E-state index contributed by atoms with van der Waals surface area (Å²) in [5, 5.41) is 2.36. The minimum Gasteiger partial charge on any atom is -0.489 e. The standard InChI is InChI=1S/C28H31N3O4/c32-26-13-12-24(27(33)29-26)31-17-19-16-20(10-11-21(19)28(31)34)35-25-9-5-4-8-23(25)30-15-14-22(30)18-6-2-1-3-7-18/h1-3,6-7,10-11,16,22-25H,4-5,8-9,12-15,17H2,(H,29,32,33)/t22-,23+,24?,25-/m1/s1. The lowest BCUT2D eigenvalue weighted by Gasteiger charge is -2.50. The van der Waals surface area contributed by atoms with E-state index in [2.05, 4.69) is 40.5 Å². The number of ether oxygens (including phenoxy) is 1. The summed E-state index contributed by atoms with van der Waals surface area (Å²) in [6, 6.07) is 16.7. The molecule has 4 aliphatic rings. The minimum absolute atomic E-state index is 0.122. The van der Waals surface area contributed by atoms with E-state index in [0.29, 0.717) is 30.6 Å². The molecule has 7 nitrogen and oxygen atoms in total. The summed E-state index contributed by atoms with van der Waals surface area (Å²) in [5.74, 6) is -0.0190. The molecular weight excluding hydrogens is 442 g/mol. The van der Waals surface area contributed by atoms with Crippen LogP contribution in [0.25, 0.3) is 0 Å². The molecule has 3 fully saturated rings. The fourth-order valence-corrected chi connectivity index (χ4v) is 6.23. The number of fused-ring (bicyclic) bond motifs is 1. The van der Waals surface area contributed by atoms with Gasteiger partial charge in [0.25, 0.3) is 5.91 Å². The second kappa shape index (κ2) is 9.11. The van der Waals surface area contributed by atoms with Gasteiger partial charge in [0.2, 0.25) is 11.8 Å². The number of imide groups is 1. The van der Waals surface area contributed by atoms with Gasteiger partial charge in [-0.05, 0) is 61.4 Å². The van der Waals surface area contributed by atoms with Crippen molar-refractivity contribution in [3.63, 3.8) is 0 Å². The first-order chi connectivity index (χ1) is 17.1. The Kier molecular flexibility index (Phi) is 5.80. The second-order valence-electron chi connectivity index (χ2n) is 10.2. The number of nitrogens with one attached hydrogen (secondary N) is 1. The van der Waals surface area contributed by atoms with Gasteiger partial charge in [0, 0.05) is 37.2 Å². The highest BCUT2D eigenvalue weighted by molar-refractivity contribution is 6.05. The first kappa shape index (κ1) is 22.3. The van der Waals surface area contributed by atoms with Crippen LogP contribution in [-0.4, -0.2) is 52.3 Å². The third kappa shape index (κ3) is 4.12. The minimum atomic E-state index is -0.596. The van der Waals surface area contributed by atoms with Crippen LogP contribution in [0.5, 0.6) is 5.75 Å². The molecule has 1 N–H and O–H groups in total. The number of likely N-dealkylation sites (tertiary alicyclic amines) is 1. The predicted molar refractivity (Wildman–Crippen MR) is 130 cm³/mol. The lowest BCUT2D eigenvalue weighted by atomic mass is 9.85. The molecule has 0 radical (unpaired) electrons. The number of piperidine rings is 1. The predicted octanol–water partition coefficient (Wildman–Crippen LogP) is 3.58. The highest BCUT2D eigenvalue weighted by Gasteiger charge is 2.42. The number of carbonyl (C=O) groups excluding carboxylic acids is 3. The third-order valence-electron chi connectivity index (χ3n) is 8.12. The molecule has 3 aliphatic heterocycles. The Hall–Kier alpha value is -3.19.